The van der Waals surface area contributed by atoms with Gasteiger partial charge in [-0.3, -0.25) is 0 Å². The summed E-state index contributed by atoms with van der Waals surface area (Å²) in [5.41, 5.74) is 6.76. The van der Waals surface area contributed by atoms with Crippen LogP contribution in [0.3, 0.4) is 0 Å². The molecule has 0 aliphatic heterocycles. The monoisotopic (exact) mass is 266 g/mol. The maximum absolute atomic E-state index is 13.2. The Kier molecular flexibility index (Phi) is 4.37. The summed E-state index contributed by atoms with van der Waals surface area (Å²) in [5, 5.41) is 3.27. The standard InChI is InChI=1S/C14H19FN2O2/c1-19-14(18)12-7-9(15)5-6-13(12)17-11-4-2-3-10(16)8-11/h5-7,10-11,17H,2-4,8,16H2,1H3. The van der Waals surface area contributed by atoms with E-state index in [1.807, 2.05) is 0 Å². The maximum Gasteiger partial charge on any atom is 0.340 e. The molecule has 0 heterocycles. The van der Waals surface area contributed by atoms with E-state index in [4.69, 9.17) is 5.73 Å². The quantitative estimate of drug-likeness (QED) is 0.824. The van der Waals surface area contributed by atoms with Crippen LogP contribution in [-0.4, -0.2) is 25.2 Å². The van der Waals surface area contributed by atoms with E-state index < -0.39 is 11.8 Å². The number of nitrogens with two attached hydrogens (primary N) is 1. The Labute approximate surface area is 112 Å². The van der Waals surface area contributed by atoms with Crippen molar-refractivity contribution >= 4 is 11.7 Å². The van der Waals surface area contributed by atoms with Gasteiger partial charge in [-0.1, -0.05) is 0 Å². The number of hydrogen-bond acceptors (Lipinski definition) is 4. The first-order valence-corrected chi connectivity index (χ1v) is 6.50. The summed E-state index contributed by atoms with van der Waals surface area (Å²) >= 11 is 0. The fourth-order valence-corrected chi connectivity index (χ4v) is 2.50. The van der Waals surface area contributed by atoms with Gasteiger partial charge in [0.2, 0.25) is 0 Å². The average molecular weight is 266 g/mol. The molecule has 0 bridgehead atoms. The first-order chi connectivity index (χ1) is 9.10. The van der Waals surface area contributed by atoms with Crippen LogP contribution in [-0.2, 0) is 4.74 Å². The van der Waals surface area contributed by atoms with Crippen LogP contribution in [0.1, 0.15) is 36.0 Å². The molecule has 1 saturated carbocycles. The second kappa shape index (κ2) is 6.02. The van der Waals surface area contributed by atoms with Gasteiger partial charge in [0.15, 0.2) is 0 Å². The van der Waals surface area contributed by atoms with Crippen molar-refractivity contribution in [3.63, 3.8) is 0 Å². The number of ether oxygens (including phenoxy) is 1. The Morgan fingerprint density at radius 3 is 2.95 bits per heavy atom. The van der Waals surface area contributed by atoms with Crippen LogP contribution in [0.2, 0.25) is 0 Å². The zero-order valence-corrected chi connectivity index (χ0v) is 11.0. The fraction of sp³-hybridized carbons (Fsp3) is 0.500. The van der Waals surface area contributed by atoms with Gasteiger partial charge in [0.05, 0.1) is 12.7 Å². The van der Waals surface area contributed by atoms with Gasteiger partial charge in [0.25, 0.3) is 0 Å². The molecular formula is C14H19FN2O2. The molecule has 2 rings (SSSR count). The van der Waals surface area contributed by atoms with Crippen LogP contribution in [0.15, 0.2) is 18.2 Å². The Morgan fingerprint density at radius 1 is 1.47 bits per heavy atom. The lowest BCUT2D eigenvalue weighted by Crippen LogP contribution is -2.35. The Bertz CT molecular complexity index is 465. The van der Waals surface area contributed by atoms with Gasteiger partial charge in [0, 0.05) is 17.8 Å². The molecule has 2 unspecified atom stereocenters. The molecule has 104 valence electrons. The number of benzene rings is 1. The van der Waals surface area contributed by atoms with Crippen LogP contribution in [0.25, 0.3) is 0 Å². The molecular weight excluding hydrogens is 247 g/mol. The van der Waals surface area contributed by atoms with Crippen molar-refractivity contribution in [1.82, 2.24) is 0 Å². The highest BCUT2D eigenvalue weighted by Crippen LogP contribution is 2.24. The van der Waals surface area contributed by atoms with Crippen molar-refractivity contribution in [1.29, 1.82) is 0 Å². The molecule has 0 saturated heterocycles. The first kappa shape index (κ1) is 13.8. The van der Waals surface area contributed by atoms with E-state index >= 15 is 0 Å². The Hall–Kier alpha value is -1.62. The van der Waals surface area contributed by atoms with Crippen molar-refractivity contribution in [2.45, 2.75) is 37.8 Å². The van der Waals surface area contributed by atoms with E-state index in [1.54, 1.807) is 6.07 Å². The zero-order chi connectivity index (χ0) is 13.8. The predicted molar refractivity (Wildman–Crippen MR) is 71.6 cm³/mol. The maximum atomic E-state index is 13.2. The third kappa shape index (κ3) is 3.44. The number of halogens is 1. The second-order valence-corrected chi connectivity index (χ2v) is 4.95. The number of rotatable bonds is 3. The second-order valence-electron chi connectivity index (χ2n) is 4.95. The Morgan fingerprint density at radius 2 is 2.26 bits per heavy atom. The molecule has 19 heavy (non-hydrogen) atoms. The molecule has 2 atom stereocenters. The van der Waals surface area contributed by atoms with Crippen molar-refractivity contribution in [2.75, 3.05) is 12.4 Å². The minimum Gasteiger partial charge on any atom is -0.465 e. The van der Waals surface area contributed by atoms with Gasteiger partial charge in [-0.05, 0) is 43.9 Å². The third-order valence-electron chi connectivity index (χ3n) is 3.46. The molecule has 1 aromatic carbocycles. The first-order valence-electron chi connectivity index (χ1n) is 6.50. The van der Waals surface area contributed by atoms with Crippen LogP contribution in [0.5, 0.6) is 0 Å². The minimum absolute atomic E-state index is 0.188. The summed E-state index contributed by atoms with van der Waals surface area (Å²) in [6.07, 6.45) is 3.96. The van der Waals surface area contributed by atoms with Gasteiger partial charge in [-0.15, -0.1) is 0 Å². The highest BCUT2D eigenvalue weighted by atomic mass is 19.1. The van der Waals surface area contributed by atoms with E-state index in [-0.39, 0.29) is 17.6 Å². The average Bonchev–Trinajstić information content (AvgIpc) is 2.40. The number of hydrogen-bond donors (Lipinski definition) is 2. The van der Waals surface area contributed by atoms with Crippen molar-refractivity contribution in [3.05, 3.63) is 29.6 Å². The number of carbonyl (C=O) groups excluding carboxylic acids is 1. The number of carbonyl (C=O) groups is 1. The smallest absolute Gasteiger partial charge is 0.340 e. The summed E-state index contributed by atoms with van der Waals surface area (Å²) in [7, 11) is 1.29. The van der Waals surface area contributed by atoms with E-state index in [2.05, 4.69) is 10.1 Å². The molecule has 3 N–H and O–H groups in total. The van der Waals surface area contributed by atoms with Crippen LogP contribution < -0.4 is 11.1 Å². The van der Waals surface area contributed by atoms with Crippen LogP contribution in [0, 0.1) is 5.82 Å². The Balaban J connectivity index is 2.17. The number of anilines is 1. The van der Waals surface area contributed by atoms with E-state index in [9.17, 15) is 9.18 Å². The van der Waals surface area contributed by atoms with E-state index in [1.165, 1.54) is 19.2 Å². The van der Waals surface area contributed by atoms with Gasteiger partial charge in [-0.25, -0.2) is 9.18 Å². The van der Waals surface area contributed by atoms with Gasteiger partial charge in [-0.2, -0.15) is 0 Å². The molecule has 1 aliphatic rings. The minimum atomic E-state index is -0.540. The SMILES string of the molecule is COC(=O)c1cc(F)ccc1NC1CCCC(N)C1. The lowest BCUT2D eigenvalue weighted by Gasteiger charge is -2.28. The van der Waals surface area contributed by atoms with Crippen LogP contribution in [0.4, 0.5) is 10.1 Å². The van der Waals surface area contributed by atoms with Gasteiger partial charge >= 0.3 is 5.97 Å². The van der Waals surface area contributed by atoms with E-state index in [0.717, 1.165) is 25.7 Å². The van der Waals surface area contributed by atoms with Gasteiger partial charge in [0.1, 0.15) is 5.82 Å². The lowest BCUT2D eigenvalue weighted by atomic mass is 9.91. The summed E-state index contributed by atoms with van der Waals surface area (Å²) in [6, 6.07) is 4.50. The van der Waals surface area contributed by atoms with Gasteiger partial charge < -0.3 is 15.8 Å². The van der Waals surface area contributed by atoms with Crippen molar-refractivity contribution in [2.24, 2.45) is 5.73 Å². The number of methoxy groups -OCH3 is 1. The molecule has 1 fully saturated rings. The predicted octanol–water partition coefficient (Wildman–Crippen LogP) is 2.29. The number of nitrogens with one attached hydrogen (secondary N) is 1. The summed E-state index contributed by atoms with van der Waals surface area (Å²) in [5.74, 6) is -0.992. The zero-order valence-electron chi connectivity index (χ0n) is 11.0. The highest BCUT2D eigenvalue weighted by Gasteiger charge is 2.21. The highest BCUT2D eigenvalue weighted by molar-refractivity contribution is 5.95. The molecule has 0 amide bonds. The largest absolute Gasteiger partial charge is 0.465 e. The topological polar surface area (TPSA) is 64.3 Å². The molecule has 1 aromatic rings. The molecule has 4 nitrogen and oxygen atoms in total. The van der Waals surface area contributed by atoms with Crippen molar-refractivity contribution < 1.29 is 13.9 Å². The van der Waals surface area contributed by atoms with Crippen LogP contribution >= 0.6 is 0 Å². The molecule has 0 spiro atoms. The van der Waals surface area contributed by atoms with E-state index in [0.29, 0.717) is 5.69 Å². The molecule has 1 aliphatic carbocycles. The van der Waals surface area contributed by atoms with Crippen molar-refractivity contribution in [3.8, 4) is 0 Å². The molecule has 5 heteroatoms. The number of esters is 1. The molecule has 0 aromatic heterocycles. The summed E-state index contributed by atoms with van der Waals surface area (Å²) < 4.78 is 17.9. The summed E-state index contributed by atoms with van der Waals surface area (Å²) in [6.45, 7) is 0. The summed E-state index contributed by atoms with van der Waals surface area (Å²) in [4.78, 5) is 11.6. The third-order valence-corrected chi connectivity index (χ3v) is 3.46. The molecule has 0 radical (unpaired) electrons. The lowest BCUT2D eigenvalue weighted by molar-refractivity contribution is 0.0601. The normalized spacial score (nSPS) is 22.9. The fourth-order valence-electron chi connectivity index (χ4n) is 2.50.